The number of ether oxygens (including phenoxy) is 1. The summed E-state index contributed by atoms with van der Waals surface area (Å²) in [6, 6.07) is 7.90. The molecule has 0 spiro atoms. The Hall–Kier alpha value is 0.460. The van der Waals surface area contributed by atoms with E-state index in [2.05, 4.69) is 47.8 Å². The van der Waals surface area contributed by atoms with Gasteiger partial charge in [-0.1, -0.05) is 53.9 Å². The summed E-state index contributed by atoms with van der Waals surface area (Å²) >= 11 is 10.3. The molecule has 0 radical (unpaired) electrons. The molecule has 0 N–H and O–H groups in total. The molecule has 1 unspecified atom stereocenters. The maximum Gasteiger partial charge on any atom is 0.120 e. The van der Waals surface area contributed by atoms with Crippen LogP contribution < -0.4 is 4.74 Å². The second kappa shape index (κ2) is 6.85. The molecule has 78 valence electrons. The third kappa shape index (κ3) is 4.32. The molecule has 0 saturated carbocycles. The topological polar surface area (TPSA) is 9.23 Å². The number of benzene rings is 1. The van der Waals surface area contributed by atoms with Gasteiger partial charge in [0.2, 0.25) is 0 Å². The second-order valence-electron chi connectivity index (χ2n) is 2.83. The highest BCUT2D eigenvalue weighted by molar-refractivity contribution is 9.10. The molecule has 0 aliphatic rings. The highest BCUT2D eigenvalue weighted by atomic mass is 79.9. The Morgan fingerprint density at radius 1 is 1.29 bits per heavy atom. The molecule has 14 heavy (non-hydrogen) atoms. The van der Waals surface area contributed by atoms with Crippen molar-refractivity contribution in [3.63, 3.8) is 0 Å². The van der Waals surface area contributed by atoms with Crippen LogP contribution in [0.25, 0.3) is 0 Å². The normalized spacial score (nSPS) is 12.5. The highest BCUT2D eigenvalue weighted by Crippen LogP contribution is 2.20. The van der Waals surface area contributed by atoms with Gasteiger partial charge in [0.15, 0.2) is 0 Å². The van der Waals surface area contributed by atoms with E-state index in [1.54, 1.807) is 0 Å². The average molecular weight is 387 g/mol. The Balaban J connectivity index is 2.57. The van der Waals surface area contributed by atoms with Gasteiger partial charge in [0.1, 0.15) is 11.9 Å². The largest absolute Gasteiger partial charge is 0.489 e. The number of hydrogen-bond acceptors (Lipinski definition) is 1. The summed E-state index contributed by atoms with van der Waals surface area (Å²) < 4.78 is 6.82. The molecule has 0 aliphatic heterocycles. The SMILES string of the molecule is BrCCC(CBr)Oc1cccc(Br)c1. The van der Waals surface area contributed by atoms with Crippen LogP contribution in [0, 0.1) is 0 Å². The smallest absolute Gasteiger partial charge is 0.120 e. The Kier molecular flexibility index (Phi) is 6.13. The van der Waals surface area contributed by atoms with Crippen molar-refractivity contribution in [3.05, 3.63) is 28.7 Å². The van der Waals surface area contributed by atoms with Crippen LogP contribution in [0.5, 0.6) is 5.75 Å². The van der Waals surface area contributed by atoms with Crippen molar-refractivity contribution in [3.8, 4) is 5.75 Å². The van der Waals surface area contributed by atoms with E-state index in [0.29, 0.717) is 0 Å². The van der Waals surface area contributed by atoms with Gasteiger partial charge in [0.05, 0.1) is 0 Å². The molecular formula is C10H11Br3O. The minimum atomic E-state index is 0.226. The summed E-state index contributed by atoms with van der Waals surface area (Å²) in [4.78, 5) is 0. The lowest BCUT2D eigenvalue weighted by molar-refractivity contribution is 0.225. The van der Waals surface area contributed by atoms with E-state index < -0.39 is 0 Å². The predicted octanol–water partition coefficient (Wildman–Crippen LogP) is 4.38. The second-order valence-corrected chi connectivity index (χ2v) is 5.19. The summed E-state index contributed by atoms with van der Waals surface area (Å²) in [5.74, 6) is 0.907. The lowest BCUT2D eigenvalue weighted by atomic mass is 10.3. The van der Waals surface area contributed by atoms with Gasteiger partial charge >= 0.3 is 0 Å². The van der Waals surface area contributed by atoms with Gasteiger partial charge in [-0.2, -0.15) is 0 Å². The lowest BCUT2D eigenvalue weighted by Crippen LogP contribution is -2.18. The zero-order valence-electron chi connectivity index (χ0n) is 7.55. The van der Waals surface area contributed by atoms with E-state index in [9.17, 15) is 0 Å². The molecule has 4 heteroatoms. The van der Waals surface area contributed by atoms with Crippen molar-refractivity contribution in [1.29, 1.82) is 0 Å². The number of halogens is 3. The molecule has 1 aromatic rings. The predicted molar refractivity (Wildman–Crippen MR) is 70.8 cm³/mol. The van der Waals surface area contributed by atoms with Crippen LogP contribution in [-0.2, 0) is 0 Å². The van der Waals surface area contributed by atoms with Gasteiger partial charge in [-0.3, -0.25) is 0 Å². The molecule has 1 aromatic carbocycles. The standard InChI is InChI=1S/C10H11Br3O/c11-5-4-10(7-12)14-9-3-1-2-8(13)6-9/h1-3,6,10H,4-5,7H2. The zero-order valence-corrected chi connectivity index (χ0v) is 12.3. The maximum atomic E-state index is 5.78. The molecule has 0 saturated heterocycles. The van der Waals surface area contributed by atoms with Gasteiger partial charge in [-0.25, -0.2) is 0 Å². The van der Waals surface area contributed by atoms with Crippen molar-refractivity contribution in [1.82, 2.24) is 0 Å². The molecule has 0 amide bonds. The highest BCUT2D eigenvalue weighted by Gasteiger charge is 2.07. The van der Waals surface area contributed by atoms with E-state index in [-0.39, 0.29) is 6.10 Å². The van der Waals surface area contributed by atoms with Crippen LogP contribution >= 0.6 is 47.8 Å². The number of hydrogen-bond donors (Lipinski definition) is 0. The molecule has 0 bridgehead atoms. The number of alkyl halides is 2. The Morgan fingerprint density at radius 3 is 2.64 bits per heavy atom. The molecular weight excluding hydrogens is 376 g/mol. The molecule has 1 rings (SSSR count). The fraction of sp³-hybridized carbons (Fsp3) is 0.400. The van der Waals surface area contributed by atoms with Crippen LogP contribution in [0.3, 0.4) is 0 Å². The van der Waals surface area contributed by atoms with Crippen molar-refractivity contribution in [2.75, 3.05) is 10.7 Å². The Labute approximate surface area is 110 Å². The summed E-state index contributed by atoms with van der Waals surface area (Å²) in [6.45, 7) is 0. The summed E-state index contributed by atoms with van der Waals surface area (Å²) in [5.41, 5.74) is 0. The molecule has 0 heterocycles. The van der Waals surface area contributed by atoms with Crippen molar-refractivity contribution in [2.45, 2.75) is 12.5 Å². The van der Waals surface area contributed by atoms with E-state index in [0.717, 1.165) is 27.3 Å². The third-order valence-electron chi connectivity index (χ3n) is 1.70. The lowest BCUT2D eigenvalue weighted by Gasteiger charge is -2.15. The Morgan fingerprint density at radius 2 is 2.07 bits per heavy atom. The van der Waals surface area contributed by atoms with Gasteiger partial charge in [-0.05, 0) is 24.6 Å². The molecule has 0 aliphatic carbocycles. The number of rotatable bonds is 5. The summed E-state index contributed by atoms with van der Waals surface area (Å²) in [5, 5.41) is 1.81. The molecule has 1 atom stereocenters. The third-order valence-corrected chi connectivity index (χ3v) is 3.38. The van der Waals surface area contributed by atoms with Gasteiger partial charge in [0, 0.05) is 15.1 Å². The van der Waals surface area contributed by atoms with Crippen LogP contribution in [0.4, 0.5) is 0 Å². The monoisotopic (exact) mass is 384 g/mol. The van der Waals surface area contributed by atoms with E-state index in [1.165, 1.54) is 0 Å². The van der Waals surface area contributed by atoms with Crippen LogP contribution in [0.2, 0.25) is 0 Å². The summed E-state index contributed by atoms with van der Waals surface area (Å²) in [7, 11) is 0. The van der Waals surface area contributed by atoms with E-state index in [1.807, 2.05) is 24.3 Å². The minimum Gasteiger partial charge on any atom is -0.489 e. The first-order valence-corrected chi connectivity index (χ1v) is 7.34. The van der Waals surface area contributed by atoms with Crippen LogP contribution in [0.1, 0.15) is 6.42 Å². The minimum absolute atomic E-state index is 0.226. The van der Waals surface area contributed by atoms with Crippen LogP contribution in [-0.4, -0.2) is 16.8 Å². The average Bonchev–Trinajstić information content (AvgIpc) is 2.17. The van der Waals surface area contributed by atoms with Gasteiger partial charge < -0.3 is 4.74 Å². The Bertz CT molecular complexity index is 278. The fourth-order valence-electron chi connectivity index (χ4n) is 1.02. The quantitative estimate of drug-likeness (QED) is 0.682. The fourth-order valence-corrected chi connectivity index (χ4v) is 2.37. The van der Waals surface area contributed by atoms with Crippen molar-refractivity contribution >= 4 is 47.8 Å². The molecule has 0 fully saturated rings. The van der Waals surface area contributed by atoms with Crippen molar-refractivity contribution in [2.24, 2.45) is 0 Å². The van der Waals surface area contributed by atoms with E-state index in [4.69, 9.17) is 4.74 Å². The zero-order chi connectivity index (χ0) is 10.4. The maximum absolute atomic E-state index is 5.78. The van der Waals surface area contributed by atoms with Crippen LogP contribution in [0.15, 0.2) is 28.7 Å². The first kappa shape index (κ1) is 12.5. The van der Waals surface area contributed by atoms with Gasteiger partial charge in [0.25, 0.3) is 0 Å². The summed E-state index contributed by atoms with van der Waals surface area (Å²) in [6.07, 6.45) is 1.22. The molecule has 1 nitrogen and oxygen atoms in total. The van der Waals surface area contributed by atoms with E-state index >= 15 is 0 Å². The van der Waals surface area contributed by atoms with Crippen molar-refractivity contribution < 1.29 is 4.74 Å². The first-order valence-electron chi connectivity index (χ1n) is 4.30. The molecule has 0 aromatic heterocycles. The first-order chi connectivity index (χ1) is 6.76. The van der Waals surface area contributed by atoms with Gasteiger partial charge in [-0.15, -0.1) is 0 Å².